The van der Waals surface area contributed by atoms with Crippen LogP contribution < -0.4 is 0 Å². The van der Waals surface area contributed by atoms with E-state index in [0.717, 1.165) is 0 Å². The minimum absolute atomic E-state index is 0.0697. The van der Waals surface area contributed by atoms with Crippen LogP contribution in [-0.2, 0) is 33.2 Å². The van der Waals surface area contributed by atoms with Gasteiger partial charge in [-0.25, -0.2) is 26.3 Å². The summed E-state index contributed by atoms with van der Waals surface area (Å²) in [6, 6.07) is 0. The summed E-state index contributed by atoms with van der Waals surface area (Å²) in [4.78, 5) is 10.2. The van der Waals surface area contributed by atoms with E-state index in [1.807, 2.05) is 0 Å². The number of aliphatic hydroxyl groups is 3. The third-order valence-electron chi connectivity index (χ3n) is 8.89. The molecule has 468 valence electrons. The van der Waals surface area contributed by atoms with Crippen LogP contribution in [0, 0.1) is 10.3 Å². The molecule has 0 aromatic carbocycles. The van der Waals surface area contributed by atoms with Gasteiger partial charge in [0.2, 0.25) is 11.1 Å². The average Bonchev–Trinajstić information content (AvgIpc) is 3.27. The molecule has 78 heavy (non-hydrogen) atoms. The Morgan fingerprint density at radius 3 is 0.974 bits per heavy atom. The molecular weight excluding hydrogens is 1260 g/mol. The average molecular weight is 1290 g/mol. The summed E-state index contributed by atoms with van der Waals surface area (Å²) < 4.78 is 500. The Morgan fingerprint density at radius 1 is 0.436 bits per heavy atom. The van der Waals surface area contributed by atoms with Gasteiger partial charge in [0.05, 0.1) is 31.8 Å². The number of alkyl halides is 34. The molecule has 0 aromatic heterocycles. The Bertz CT molecular complexity index is 1790. The van der Waals surface area contributed by atoms with Crippen molar-refractivity contribution in [2.45, 2.75) is 127 Å². The van der Waals surface area contributed by atoms with E-state index in [9.17, 15) is 154 Å². The van der Waals surface area contributed by atoms with E-state index in [4.69, 9.17) is 15.3 Å². The number of nitroso groups, excluding NO2 is 1. The Hall–Kier alpha value is -2.40. The normalized spacial score (nSPS) is 19.2. The SMILES string of the molecule is CC(F)(CO)C(F)(F)C(F)(F)OC(F)C(F)(F)OCC(COC(F)(F)C(F)OC(F)(F)C(F)(F)C(F)(F)CO)(COC(F)(F)C(F)OC(F)(F)C(F)(F)C(F)(P)CN=O)CSC(F)(F)C(F)OC(F)(F)C(F)(F)C(F)(F)CO. The van der Waals surface area contributed by atoms with Gasteiger partial charge < -0.3 is 29.5 Å². The lowest BCUT2D eigenvalue weighted by Crippen LogP contribution is -2.60. The van der Waals surface area contributed by atoms with Crippen molar-refractivity contribution in [1.29, 1.82) is 0 Å². The summed E-state index contributed by atoms with van der Waals surface area (Å²) in [5, 5.41) is 14.6. The van der Waals surface area contributed by atoms with Crippen LogP contribution in [0.5, 0.6) is 0 Å². The monoisotopic (exact) mass is 1290 g/mol. The van der Waals surface area contributed by atoms with Gasteiger partial charge in [-0.15, -0.1) is 0 Å². The van der Waals surface area contributed by atoms with Gasteiger partial charge in [-0.2, -0.15) is 128 Å². The fourth-order valence-corrected chi connectivity index (χ4v) is 5.23. The van der Waals surface area contributed by atoms with Gasteiger partial charge in [-0.05, 0) is 6.92 Å². The lowest BCUT2D eigenvalue weighted by Gasteiger charge is -2.39. The molecule has 0 bridgehead atoms. The second-order valence-corrected chi connectivity index (χ2v) is 17.3. The lowest BCUT2D eigenvalue weighted by atomic mass is 9.93. The number of halogens is 34. The Labute approximate surface area is 413 Å². The molecule has 0 spiro atoms. The van der Waals surface area contributed by atoms with Crippen LogP contribution in [0.4, 0.5) is 149 Å². The predicted octanol–water partition coefficient (Wildman–Crippen LogP) is 10.6. The molecule has 0 aromatic rings. The molecule has 0 aliphatic rings. The van der Waals surface area contributed by atoms with Crippen molar-refractivity contribution in [2.75, 3.05) is 51.9 Å². The summed E-state index contributed by atoms with van der Waals surface area (Å²) in [5.74, 6) is -44.9. The van der Waals surface area contributed by atoms with Crippen LogP contribution in [0.1, 0.15) is 6.92 Å². The maximum atomic E-state index is 14.9. The van der Waals surface area contributed by atoms with Crippen LogP contribution in [0.2, 0.25) is 0 Å². The third kappa shape index (κ3) is 16.2. The van der Waals surface area contributed by atoms with Gasteiger partial charge in [-0.3, -0.25) is 18.9 Å². The van der Waals surface area contributed by atoms with Gasteiger partial charge in [0.25, 0.3) is 25.4 Å². The van der Waals surface area contributed by atoms with Gasteiger partial charge in [0, 0.05) is 5.75 Å². The van der Waals surface area contributed by atoms with E-state index in [1.54, 1.807) is 0 Å². The van der Waals surface area contributed by atoms with Crippen LogP contribution in [0.25, 0.3) is 0 Å². The molecule has 0 saturated carbocycles. The van der Waals surface area contributed by atoms with E-state index in [2.05, 4.69) is 33.2 Å². The zero-order valence-electron chi connectivity index (χ0n) is 36.4. The van der Waals surface area contributed by atoms with Crippen molar-refractivity contribution >= 4 is 21.0 Å². The molecule has 8 atom stereocenters. The van der Waals surface area contributed by atoms with Gasteiger partial charge in [0.1, 0.15) is 19.8 Å². The van der Waals surface area contributed by atoms with Crippen molar-refractivity contribution in [3.05, 3.63) is 4.91 Å². The topological polar surface area (TPSA) is 155 Å². The quantitative estimate of drug-likeness (QED) is 0.0308. The number of aliphatic hydroxyl groups excluding tert-OH is 3. The predicted molar refractivity (Wildman–Crippen MR) is 181 cm³/mol. The summed E-state index contributed by atoms with van der Waals surface area (Å²) in [7, 11) is 0.0697. The minimum Gasteiger partial charge on any atom is -0.393 e. The highest BCUT2D eigenvalue weighted by atomic mass is 32.2. The van der Waals surface area contributed by atoms with E-state index in [1.165, 1.54) is 5.18 Å². The number of hydrogen-bond donors (Lipinski definition) is 3. The first-order valence-electron chi connectivity index (χ1n) is 18.5. The molecule has 0 heterocycles. The molecule has 0 amide bonds. The van der Waals surface area contributed by atoms with Crippen LogP contribution in [0.3, 0.4) is 0 Å². The van der Waals surface area contributed by atoms with E-state index in [0.29, 0.717) is 0 Å². The van der Waals surface area contributed by atoms with Crippen molar-refractivity contribution in [1.82, 2.24) is 0 Å². The number of ether oxygens (including phenoxy) is 7. The first kappa shape index (κ1) is 75.6. The Balaban J connectivity index is 8.16. The fraction of sp³-hybridized carbons (Fsp3) is 1.00. The van der Waals surface area contributed by atoms with Gasteiger partial charge in [0.15, 0.2) is 0 Å². The second kappa shape index (κ2) is 24.4. The molecular formula is C30H28F34NO11PS. The van der Waals surface area contributed by atoms with Gasteiger partial charge >= 0.3 is 83.5 Å². The summed E-state index contributed by atoms with van der Waals surface area (Å²) >= 11 is -2.51. The van der Waals surface area contributed by atoms with Crippen LogP contribution in [0.15, 0.2) is 5.18 Å². The molecule has 0 aliphatic carbocycles. The number of rotatable bonds is 37. The summed E-state index contributed by atoms with van der Waals surface area (Å²) in [6.45, 7) is -24.1. The highest BCUT2D eigenvalue weighted by Crippen LogP contribution is 2.54. The van der Waals surface area contributed by atoms with Crippen LogP contribution in [-0.4, -0.2) is 187 Å². The van der Waals surface area contributed by atoms with Crippen LogP contribution >= 0.6 is 21.0 Å². The first-order valence-corrected chi connectivity index (χ1v) is 20.1. The maximum Gasteiger partial charge on any atom is 0.428 e. The standard InChI is InChI=1S/C30H28F34NO11PS/c1-14(35,3-66)23(49,50)27(57,58)73-10(31)19(41,42)70-6-15(7-71-20(43,44)11(32)74-28(59,60)24(51,52)16(36,37)4-67,9-78-22(47,48)13(34)76-29(61,62)25(53,54)17(38,39)5-68)8-72-21(45,46)12(33)75-30(63,64)26(55,56)18(40,77)2-65-69/h10-13,66-68H,2-9,77H2,1H3. The van der Waals surface area contributed by atoms with E-state index < -0.39 is 196 Å². The molecule has 12 nitrogen and oxygen atoms in total. The van der Waals surface area contributed by atoms with Crippen molar-refractivity contribution in [3.63, 3.8) is 0 Å². The summed E-state index contributed by atoms with van der Waals surface area (Å²) in [6.07, 6.45) is -73.7. The molecule has 0 fully saturated rings. The fourth-order valence-electron chi connectivity index (χ4n) is 4.06. The zero-order chi connectivity index (χ0) is 62.8. The lowest BCUT2D eigenvalue weighted by molar-refractivity contribution is -0.456. The molecule has 0 rings (SSSR count). The molecule has 8 unspecified atom stereocenters. The second-order valence-electron chi connectivity index (χ2n) is 15.2. The minimum atomic E-state index is -7.46. The molecule has 3 N–H and O–H groups in total. The van der Waals surface area contributed by atoms with Crippen molar-refractivity contribution in [2.24, 2.45) is 10.6 Å². The molecule has 48 heteroatoms. The van der Waals surface area contributed by atoms with E-state index >= 15 is 0 Å². The zero-order valence-corrected chi connectivity index (χ0v) is 38.3. The highest BCUT2D eigenvalue weighted by Gasteiger charge is 2.77. The Morgan fingerprint density at radius 2 is 0.705 bits per heavy atom. The Kier molecular flexibility index (Phi) is 23.7. The number of thioether (sulfide) groups is 1. The maximum absolute atomic E-state index is 14.9. The number of nitrogens with zero attached hydrogens (tertiary/aromatic N) is 1. The summed E-state index contributed by atoms with van der Waals surface area (Å²) in [5.41, 5.74) is -10.2. The smallest absolute Gasteiger partial charge is 0.393 e. The van der Waals surface area contributed by atoms with E-state index in [-0.39, 0.29) is 9.24 Å². The first-order chi connectivity index (χ1) is 34.1. The largest absolute Gasteiger partial charge is 0.428 e. The van der Waals surface area contributed by atoms with Gasteiger partial charge in [-0.1, -0.05) is 26.2 Å². The molecule has 0 aliphatic heterocycles. The molecule has 0 saturated heterocycles. The van der Waals surface area contributed by atoms with Crippen molar-refractivity contribution in [3.8, 4) is 0 Å². The third-order valence-corrected chi connectivity index (χ3v) is 10.8. The molecule has 0 radical (unpaired) electrons. The number of hydrogen-bond acceptors (Lipinski definition) is 13. The highest BCUT2D eigenvalue weighted by molar-refractivity contribution is 8.00. The van der Waals surface area contributed by atoms with Crippen molar-refractivity contribution < 1.29 is 198 Å².